The molecule has 6 amide bonds. The van der Waals surface area contributed by atoms with Crippen LogP contribution in [0.1, 0.15) is 63.5 Å². The SMILES string of the molecule is NCCCCCCNCC(=O)N(CCCN=C(N)N)CC(=O)N(CCCN=C(N)N)CC(=O)N(CC(=O)N(CCCN=C(N)N)CC(=O)N[C@H](CCCN=C(N)N)C(N)=O)Cc1ccco1. The number of hydrogen-bond donors (Lipinski definition) is 12. The van der Waals surface area contributed by atoms with Crippen molar-refractivity contribution in [2.45, 2.75) is 70.4 Å². The average molecular weight is 935 g/mol. The monoisotopic (exact) mass is 935 g/mol. The van der Waals surface area contributed by atoms with Crippen LogP contribution in [-0.2, 0) is 35.3 Å². The van der Waals surface area contributed by atoms with Crippen LogP contribution in [0.5, 0.6) is 0 Å². The number of primary amides is 1. The number of aliphatic imine (C=N–C) groups is 4. The minimum atomic E-state index is -1.10. The van der Waals surface area contributed by atoms with E-state index in [1.165, 1.54) is 25.9 Å². The van der Waals surface area contributed by atoms with Gasteiger partial charge in [0.15, 0.2) is 23.8 Å². The molecule has 1 heterocycles. The second kappa shape index (κ2) is 33.6. The Hall–Kier alpha value is -6.90. The molecule has 22 N–H and O–H groups in total. The molecule has 0 aromatic carbocycles. The fourth-order valence-electron chi connectivity index (χ4n) is 6.16. The first-order valence-electron chi connectivity index (χ1n) is 21.8. The van der Waals surface area contributed by atoms with E-state index in [9.17, 15) is 28.8 Å². The molecule has 1 aromatic rings. The highest BCUT2D eigenvalue weighted by molar-refractivity contribution is 5.92. The Morgan fingerprint density at radius 2 is 1.02 bits per heavy atom. The van der Waals surface area contributed by atoms with Gasteiger partial charge in [0.25, 0.3) is 0 Å². The zero-order valence-electron chi connectivity index (χ0n) is 38.0. The van der Waals surface area contributed by atoms with Gasteiger partial charge >= 0.3 is 0 Å². The Morgan fingerprint density at radius 3 is 1.48 bits per heavy atom. The zero-order valence-corrected chi connectivity index (χ0v) is 38.0. The molecule has 0 saturated heterocycles. The van der Waals surface area contributed by atoms with Gasteiger partial charge in [0.05, 0.1) is 39.0 Å². The molecule has 27 nitrogen and oxygen atoms in total. The molecule has 0 bridgehead atoms. The third-order valence-electron chi connectivity index (χ3n) is 9.50. The highest BCUT2D eigenvalue weighted by atomic mass is 16.3. The van der Waals surface area contributed by atoms with Crippen molar-refractivity contribution in [2.75, 3.05) is 91.6 Å². The van der Waals surface area contributed by atoms with Crippen molar-refractivity contribution >= 4 is 59.3 Å². The Bertz CT molecular complexity index is 1740. The number of amides is 6. The fraction of sp³-hybridized carbons (Fsp3) is 0.641. The predicted octanol–water partition coefficient (Wildman–Crippen LogP) is -5.78. The van der Waals surface area contributed by atoms with Crippen LogP contribution in [0.25, 0.3) is 0 Å². The maximum absolute atomic E-state index is 14.3. The first-order valence-corrected chi connectivity index (χ1v) is 21.8. The summed E-state index contributed by atoms with van der Waals surface area (Å²) >= 11 is 0. The number of unbranched alkanes of at least 4 members (excludes halogenated alkanes) is 3. The molecule has 0 fully saturated rings. The van der Waals surface area contributed by atoms with Crippen molar-refractivity contribution in [3.8, 4) is 0 Å². The molecule has 1 rings (SSSR count). The summed E-state index contributed by atoms with van der Waals surface area (Å²) in [7, 11) is 0. The molecule has 1 atom stereocenters. The molecule has 0 saturated carbocycles. The predicted molar refractivity (Wildman–Crippen MR) is 251 cm³/mol. The first-order chi connectivity index (χ1) is 31.4. The van der Waals surface area contributed by atoms with Crippen molar-refractivity contribution in [3.63, 3.8) is 0 Å². The van der Waals surface area contributed by atoms with Crippen molar-refractivity contribution in [2.24, 2.45) is 77.3 Å². The normalized spacial score (nSPS) is 11.0. The van der Waals surface area contributed by atoms with E-state index >= 15 is 0 Å². The average Bonchev–Trinajstić information content (AvgIpc) is 3.77. The smallest absolute Gasteiger partial charge is 0.243 e. The molecule has 0 unspecified atom stereocenters. The molecule has 1 aromatic heterocycles. The molecule has 0 aliphatic rings. The van der Waals surface area contributed by atoms with Crippen LogP contribution in [0, 0.1) is 0 Å². The van der Waals surface area contributed by atoms with Crippen molar-refractivity contribution < 1.29 is 33.2 Å². The van der Waals surface area contributed by atoms with Crippen LogP contribution in [0.2, 0.25) is 0 Å². The quantitative estimate of drug-likeness (QED) is 0.0169. The maximum Gasteiger partial charge on any atom is 0.243 e. The van der Waals surface area contributed by atoms with Gasteiger partial charge in [-0.2, -0.15) is 0 Å². The number of carbonyl (C=O) groups excluding carboxylic acids is 6. The van der Waals surface area contributed by atoms with E-state index in [2.05, 4.69) is 30.6 Å². The van der Waals surface area contributed by atoms with Crippen LogP contribution in [-0.4, -0.2) is 177 Å². The van der Waals surface area contributed by atoms with Gasteiger partial charge in [0, 0.05) is 45.8 Å². The van der Waals surface area contributed by atoms with Crippen LogP contribution in [0.3, 0.4) is 0 Å². The van der Waals surface area contributed by atoms with E-state index in [0.717, 1.165) is 25.7 Å². The van der Waals surface area contributed by atoms with E-state index in [1.807, 2.05) is 0 Å². The third-order valence-corrected chi connectivity index (χ3v) is 9.50. The number of nitrogens with one attached hydrogen (secondary N) is 2. The third kappa shape index (κ3) is 27.3. The van der Waals surface area contributed by atoms with Gasteiger partial charge in [0.2, 0.25) is 35.4 Å². The largest absolute Gasteiger partial charge is 0.467 e. The molecular formula is C39H74N20O7. The van der Waals surface area contributed by atoms with Gasteiger partial charge in [-0.15, -0.1) is 0 Å². The second-order valence-corrected chi connectivity index (χ2v) is 15.1. The maximum atomic E-state index is 14.3. The van der Waals surface area contributed by atoms with Gasteiger partial charge in [-0.3, -0.25) is 48.7 Å². The number of hydrogen-bond acceptors (Lipinski definition) is 13. The van der Waals surface area contributed by atoms with Gasteiger partial charge in [-0.05, 0) is 70.2 Å². The van der Waals surface area contributed by atoms with Gasteiger partial charge in [-0.25, -0.2) is 0 Å². The van der Waals surface area contributed by atoms with E-state index in [1.54, 1.807) is 12.1 Å². The highest BCUT2D eigenvalue weighted by Crippen LogP contribution is 2.10. The summed E-state index contributed by atoms with van der Waals surface area (Å²) in [5.74, 6) is -4.09. The first kappa shape index (κ1) is 57.1. The minimum absolute atomic E-state index is 0.00888. The lowest BCUT2D eigenvalue weighted by molar-refractivity contribution is -0.147. The highest BCUT2D eigenvalue weighted by Gasteiger charge is 2.29. The molecular weight excluding hydrogens is 861 g/mol. The Labute approximate surface area is 385 Å². The van der Waals surface area contributed by atoms with E-state index in [-0.39, 0.29) is 108 Å². The van der Waals surface area contributed by atoms with Gasteiger partial charge in [0.1, 0.15) is 18.3 Å². The summed E-state index contributed by atoms with van der Waals surface area (Å²) in [6.45, 7) is -0.408. The van der Waals surface area contributed by atoms with E-state index in [4.69, 9.17) is 61.8 Å². The molecule has 372 valence electrons. The van der Waals surface area contributed by atoms with E-state index in [0.29, 0.717) is 31.7 Å². The Morgan fingerprint density at radius 1 is 0.561 bits per heavy atom. The lowest BCUT2D eigenvalue weighted by atomic mass is 10.1. The van der Waals surface area contributed by atoms with Gasteiger partial charge in [-0.1, -0.05) is 12.8 Å². The number of carbonyl (C=O) groups is 6. The van der Waals surface area contributed by atoms with Crippen LogP contribution >= 0.6 is 0 Å². The van der Waals surface area contributed by atoms with Crippen molar-refractivity contribution in [1.29, 1.82) is 0 Å². The number of nitrogens with two attached hydrogens (primary N) is 10. The minimum Gasteiger partial charge on any atom is -0.467 e. The second-order valence-electron chi connectivity index (χ2n) is 15.1. The molecule has 0 aliphatic heterocycles. The molecule has 27 heteroatoms. The van der Waals surface area contributed by atoms with Gasteiger partial charge < -0.3 is 92.0 Å². The lowest BCUT2D eigenvalue weighted by Gasteiger charge is -2.31. The summed E-state index contributed by atoms with van der Waals surface area (Å²) in [6.07, 6.45) is 6.26. The number of furan rings is 1. The fourth-order valence-corrected chi connectivity index (χ4v) is 6.16. The molecule has 0 radical (unpaired) electrons. The zero-order chi connectivity index (χ0) is 49.3. The van der Waals surface area contributed by atoms with Crippen LogP contribution in [0.4, 0.5) is 0 Å². The van der Waals surface area contributed by atoms with E-state index < -0.39 is 61.8 Å². The topological polar surface area (TPSA) is 462 Å². The summed E-state index contributed by atoms with van der Waals surface area (Å²) in [6, 6.07) is 2.09. The number of rotatable bonds is 36. The molecule has 0 spiro atoms. The summed E-state index contributed by atoms with van der Waals surface area (Å²) in [4.78, 5) is 102. The summed E-state index contributed by atoms with van der Waals surface area (Å²) in [5.41, 5.74) is 54.8. The Kier molecular flexibility index (Phi) is 29.1. The molecule has 0 aliphatic carbocycles. The van der Waals surface area contributed by atoms with Crippen LogP contribution < -0.4 is 68.0 Å². The Balaban J connectivity index is 3.42. The summed E-state index contributed by atoms with van der Waals surface area (Å²) < 4.78 is 5.52. The standard InChI is InChI=1S/C39H74N20O7/c40-12-3-1-2-4-13-50-22-31(61)57(19-8-16-53-38(46)47)25-32(62)58(20-9-17-54-39(48)49)26-34(64)59(23-28-10-6-21-66-28)27-33(63)56(18-7-15-52-37(44)45)24-30(60)55-29(35(41)65)11-5-14-51-36(42)43/h6,10,21,29,50H,1-5,7-9,11-20,22-27,40H2,(H2,41,65)(H,55,60)(H4,42,43,51)(H4,44,45,52)(H4,46,47,53)(H4,48,49,54)/t29-/m1/s1. The number of nitrogens with zero attached hydrogens (tertiary/aromatic N) is 8. The van der Waals surface area contributed by atoms with Crippen molar-refractivity contribution in [3.05, 3.63) is 24.2 Å². The van der Waals surface area contributed by atoms with Crippen LogP contribution in [0.15, 0.2) is 42.8 Å². The van der Waals surface area contributed by atoms with Crippen molar-refractivity contribution in [1.82, 2.24) is 30.2 Å². The lowest BCUT2D eigenvalue weighted by Crippen LogP contribution is -2.52. The molecule has 66 heavy (non-hydrogen) atoms. The summed E-state index contributed by atoms with van der Waals surface area (Å²) in [5, 5.41) is 5.67. The number of guanidine groups is 4.